The largest absolute Gasteiger partial charge is 0.366 e. The topological polar surface area (TPSA) is 89.5 Å². The Morgan fingerprint density at radius 2 is 2.00 bits per heavy atom. The van der Waals surface area contributed by atoms with Crippen LogP contribution < -0.4 is 11.1 Å². The van der Waals surface area contributed by atoms with Gasteiger partial charge in [0.25, 0.3) is 11.8 Å². The maximum Gasteiger partial charge on any atom is 0.276 e. The van der Waals surface area contributed by atoms with Gasteiger partial charge >= 0.3 is 0 Å². The Hall–Kier alpha value is -2.19. The van der Waals surface area contributed by atoms with Crippen LogP contribution in [0.25, 0.3) is 4.96 Å². The van der Waals surface area contributed by atoms with Crippen LogP contribution >= 0.6 is 22.7 Å². The van der Waals surface area contributed by atoms with E-state index in [4.69, 9.17) is 5.73 Å². The predicted octanol–water partition coefficient (Wildman–Crippen LogP) is 2.43. The molecule has 0 aliphatic rings. The number of hydrogen-bond donors (Lipinski definition) is 2. The van der Waals surface area contributed by atoms with Crippen molar-refractivity contribution >= 4 is 44.4 Å². The highest BCUT2D eigenvalue weighted by atomic mass is 32.1. The molecule has 3 rings (SSSR count). The van der Waals surface area contributed by atoms with Gasteiger partial charge in [0.2, 0.25) is 0 Å². The zero-order valence-electron chi connectivity index (χ0n) is 11.3. The third-order valence-corrected chi connectivity index (χ3v) is 4.73. The van der Waals surface area contributed by atoms with Gasteiger partial charge in [0.1, 0.15) is 10.7 Å². The van der Waals surface area contributed by atoms with Crippen LogP contribution in [0.5, 0.6) is 0 Å². The number of amides is 2. The van der Waals surface area contributed by atoms with Crippen molar-refractivity contribution in [2.45, 2.75) is 13.8 Å². The van der Waals surface area contributed by atoms with E-state index in [2.05, 4.69) is 10.3 Å². The molecule has 0 aromatic carbocycles. The molecule has 3 aromatic heterocycles. The molecular formula is C13H12N4O2S2. The molecule has 108 valence electrons. The van der Waals surface area contributed by atoms with Gasteiger partial charge in [-0.1, -0.05) is 0 Å². The fourth-order valence-electron chi connectivity index (χ4n) is 1.98. The SMILES string of the molecule is Cc1cc(C(N)=O)c(NC(=O)c2cn3cc(C)sc3n2)s1. The molecule has 0 spiro atoms. The number of carbonyl (C=O) groups is 2. The molecule has 0 fully saturated rings. The van der Waals surface area contributed by atoms with Crippen LogP contribution in [0.1, 0.15) is 30.6 Å². The second kappa shape index (κ2) is 4.97. The van der Waals surface area contributed by atoms with Crippen molar-refractivity contribution in [1.82, 2.24) is 9.38 Å². The molecule has 0 atom stereocenters. The molecule has 0 aliphatic carbocycles. The summed E-state index contributed by atoms with van der Waals surface area (Å²) in [6.45, 7) is 3.83. The minimum absolute atomic E-state index is 0.308. The van der Waals surface area contributed by atoms with E-state index >= 15 is 0 Å². The molecule has 3 N–H and O–H groups in total. The number of anilines is 1. The average molecular weight is 320 g/mol. The third-order valence-electron chi connectivity index (χ3n) is 2.85. The molecule has 8 heteroatoms. The van der Waals surface area contributed by atoms with Gasteiger partial charge in [-0.25, -0.2) is 4.98 Å². The van der Waals surface area contributed by atoms with Crippen LogP contribution in [-0.2, 0) is 0 Å². The maximum absolute atomic E-state index is 12.2. The molecule has 0 saturated carbocycles. The molecule has 0 radical (unpaired) electrons. The van der Waals surface area contributed by atoms with Crippen molar-refractivity contribution in [3.05, 3.63) is 39.5 Å². The van der Waals surface area contributed by atoms with Gasteiger partial charge in [-0.15, -0.1) is 22.7 Å². The third kappa shape index (κ3) is 2.55. The summed E-state index contributed by atoms with van der Waals surface area (Å²) in [6, 6.07) is 1.66. The minimum atomic E-state index is -0.559. The normalized spacial score (nSPS) is 11.0. The number of rotatable bonds is 3. The van der Waals surface area contributed by atoms with E-state index in [9.17, 15) is 9.59 Å². The predicted molar refractivity (Wildman–Crippen MR) is 83.3 cm³/mol. The van der Waals surface area contributed by atoms with Crippen molar-refractivity contribution in [1.29, 1.82) is 0 Å². The molecule has 3 heterocycles. The van der Waals surface area contributed by atoms with Gasteiger partial charge in [-0.2, -0.15) is 0 Å². The molecule has 3 aromatic rings. The summed E-state index contributed by atoms with van der Waals surface area (Å²) in [4.78, 5) is 30.6. The van der Waals surface area contributed by atoms with E-state index in [1.807, 2.05) is 24.4 Å². The quantitative estimate of drug-likeness (QED) is 0.776. The van der Waals surface area contributed by atoms with Crippen molar-refractivity contribution in [2.75, 3.05) is 5.32 Å². The number of aryl methyl sites for hydroxylation is 2. The number of fused-ring (bicyclic) bond motifs is 1. The zero-order valence-corrected chi connectivity index (χ0v) is 13.0. The molecule has 0 aliphatic heterocycles. The number of thiazole rings is 1. The Kier molecular flexibility index (Phi) is 3.26. The number of nitrogens with two attached hydrogens (primary N) is 1. The lowest BCUT2D eigenvalue weighted by Gasteiger charge is -2.01. The Balaban J connectivity index is 1.88. The highest BCUT2D eigenvalue weighted by molar-refractivity contribution is 7.17. The summed E-state index contributed by atoms with van der Waals surface area (Å²) >= 11 is 2.82. The Morgan fingerprint density at radius 1 is 1.24 bits per heavy atom. The number of nitrogens with one attached hydrogen (secondary N) is 1. The summed E-state index contributed by atoms with van der Waals surface area (Å²) in [6.07, 6.45) is 3.58. The van der Waals surface area contributed by atoms with Gasteiger partial charge in [-0.3, -0.25) is 14.0 Å². The Bertz CT molecular complexity index is 827. The molecule has 0 bridgehead atoms. The highest BCUT2D eigenvalue weighted by Crippen LogP contribution is 2.27. The maximum atomic E-state index is 12.2. The first-order valence-corrected chi connectivity index (χ1v) is 7.74. The molecular weight excluding hydrogens is 308 g/mol. The van der Waals surface area contributed by atoms with Crippen LogP contribution in [0.2, 0.25) is 0 Å². The lowest BCUT2D eigenvalue weighted by molar-refractivity contribution is 0.100. The highest BCUT2D eigenvalue weighted by Gasteiger charge is 2.17. The fourth-order valence-corrected chi connectivity index (χ4v) is 3.70. The number of primary amides is 1. The van der Waals surface area contributed by atoms with Crippen LogP contribution in [0.3, 0.4) is 0 Å². The van der Waals surface area contributed by atoms with E-state index in [1.165, 1.54) is 22.7 Å². The number of nitrogens with zero attached hydrogens (tertiary/aromatic N) is 2. The molecule has 2 amide bonds. The van der Waals surface area contributed by atoms with Gasteiger partial charge in [0, 0.05) is 22.1 Å². The van der Waals surface area contributed by atoms with Gasteiger partial charge in [0.15, 0.2) is 4.96 Å². The van der Waals surface area contributed by atoms with Crippen molar-refractivity contribution < 1.29 is 9.59 Å². The van der Waals surface area contributed by atoms with E-state index in [0.29, 0.717) is 16.3 Å². The summed E-state index contributed by atoms with van der Waals surface area (Å²) in [5.74, 6) is -0.913. The van der Waals surface area contributed by atoms with Gasteiger partial charge in [-0.05, 0) is 19.9 Å². The average Bonchev–Trinajstić information content (AvgIpc) is 3.01. The van der Waals surface area contributed by atoms with E-state index < -0.39 is 5.91 Å². The number of aromatic nitrogens is 2. The zero-order chi connectivity index (χ0) is 15.1. The van der Waals surface area contributed by atoms with Gasteiger partial charge in [0.05, 0.1) is 5.56 Å². The fraction of sp³-hybridized carbons (Fsp3) is 0.154. The second-order valence-corrected chi connectivity index (χ2v) is 7.05. The monoisotopic (exact) mass is 320 g/mol. The summed E-state index contributed by atoms with van der Waals surface area (Å²) in [7, 11) is 0. The summed E-state index contributed by atoms with van der Waals surface area (Å²) in [5.41, 5.74) is 5.93. The van der Waals surface area contributed by atoms with Crippen LogP contribution in [0, 0.1) is 13.8 Å². The number of thiophene rings is 1. The Labute approximate surface area is 128 Å². The molecule has 0 saturated heterocycles. The van der Waals surface area contributed by atoms with Crippen molar-refractivity contribution in [3.8, 4) is 0 Å². The van der Waals surface area contributed by atoms with Gasteiger partial charge < -0.3 is 11.1 Å². The summed E-state index contributed by atoms with van der Waals surface area (Å²) in [5, 5.41) is 3.16. The second-order valence-electron chi connectivity index (χ2n) is 4.58. The first-order chi connectivity index (χ1) is 9.94. The molecule has 6 nitrogen and oxygen atoms in total. The number of hydrogen-bond acceptors (Lipinski definition) is 5. The standard InChI is InChI=1S/C13H12N4O2S2/c1-6-3-8(10(14)18)12(20-6)16-11(19)9-5-17-4-7(2)21-13(17)15-9/h3-5H,1-2H3,(H2,14,18)(H,16,19). The summed E-state index contributed by atoms with van der Waals surface area (Å²) < 4.78 is 1.81. The van der Waals surface area contributed by atoms with E-state index in [1.54, 1.807) is 12.3 Å². The first-order valence-electron chi connectivity index (χ1n) is 6.11. The van der Waals surface area contributed by atoms with Crippen molar-refractivity contribution in [2.24, 2.45) is 5.73 Å². The first kappa shape index (κ1) is 13.8. The lowest BCUT2D eigenvalue weighted by Crippen LogP contribution is -2.16. The smallest absolute Gasteiger partial charge is 0.276 e. The minimum Gasteiger partial charge on any atom is -0.366 e. The number of carbonyl (C=O) groups excluding carboxylic acids is 2. The van der Waals surface area contributed by atoms with Crippen LogP contribution in [-0.4, -0.2) is 21.2 Å². The molecule has 21 heavy (non-hydrogen) atoms. The lowest BCUT2D eigenvalue weighted by atomic mass is 10.3. The van der Waals surface area contributed by atoms with Crippen LogP contribution in [0.4, 0.5) is 5.00 Å². The van der Waals surface area contributed by atoms with Crippen LogP contribution in [0.15, 0.2) is 18.5 Å². The van der Waals surface area contributed by atoms with E-state index in [0.717, 1.165) is 14.7 Å². The van der Waals surface area contributed by atoms with Crippen molar-refractivity contribution in [3.63, 3.8) is 0 Å². The number of imidazole rings is 1. The Morgan fingerprint density at radius 3 is 2.67 bits per heavy atom. The van der Waals surface area contributed by atoms with E-state index in [-0.39, 0.29) is 5.91 Å². The molecule has 0 unspecified atom stereocenters.